The van der Waals surface area contributed by atoms with E-state index in [0.29, 0.717) is 11.8 Å². The Kier molecular flexibility index (Phi) is 3.66. The average Bonchev–Trinajstić information content (AvgIpc) is 2.47. The van der Waals surface area contributed by atoms with Crippen LogP contribution in [0, 0.1) is 5.41 Å². The summed E-state index contributed by atoms with van der Waals surface area (Å²) in [6.45, 7) is 8.82. The molecule has 2 nitrogen and oxygen atoms in total. The van der Waals surface area contributed by atoms with Crippen molar-refractivity contribution in [1.29, 1.82) is 0 Å². The van der Waals surface area contributed by atoms with Gasteiger partial charge in [-0.05, 0) is 53.5 Å². The summed E-state index contributed by atoms with van der Waals surface area (Å²) >= 11 is 0. The van der Waals surface area contributed by atoms with Gasteiger partial charge in [0.15, 0.2) is 5.78 Å². The lowest BCUT2D eigenvalue weighted by atomic mass is 9.63. The quantitative estimate of drug-likeness (QED) is 0.746. The predicted molar refractivity (Wildman–Crippen MR) is 89.9 cm³/mol. The fourth-order valence-electron chi connectivity index (χ4n) is 4.10. The lowest BCUT2D eigenvalue weighted by Crippen LogP contribution is -2.30. The highest BCUT2D eigenvalue weighted by Gasteiger charge is 2.39. The molecule has 0 heterocycles. The van der Waals surface area contributed by atoms with E-state index in [9.17, 15) is 4.79 Å². The Bertz CT molecular complexity index is 650. The Hall–Kier alpha value is -1.57. The maximum Gasteiger partial charge on any atom is 0.186 e. The minimum absolute atomic E-state index is 0.125. The summed E-state index contributed by atoms with van der Waals surface area (Å²) in [5.74, 6) is 1.82. The first-order chi connectivity index (χ1) is 10.3. The van der Waals surface area contributed by atoms with E-state index in [0.717, 1.165) is 23.3 Å². The summed E-state index contributed by atoms with van der Waals surface area (Å²) in [6, 6.07) is 4.19. The van der Waals surface area contributed by atoms with Gasteiger partial charge in [-0.3, -0.25) is 4.79 Å². The van der Waals surface area contributed by atoms with Crippen LogP contribution in [0.1, 0.15) is 80.3 Å². The number of rotatable bonds is 2. The van der Waals surface area contributed by atoms with Crippen LogP contribution in [0.3, 0.4) is 0 Å². The van der Waals surface area contributed by atoms with Crippen LogP contribution in [0.2, 0.25) is 0 Å². The van der Waals surface area contributed by atoms with Crippen molar-refractivity contribution >= 4 is 5.78 Å². The van der Waals surface area contributed by atoms with Gasteiger partial charge >= 0.3 is 0 Å². The Morgan fingerprint density at radius 3 is 2.64 bits per heavy atom. The number of hydrogen-bond donors (Lipinski definition) is 0. The number of carbonyl (C=O) groups excluding carboxylic acids is 1. The molecule has 22 heavy (non-hydrogen) atoms. The Balaban J connectivity index is 2.18. The van der Waals surface area contributed by atoms with Crippen LogP contribution in [0.25, 0.3) is 0 Å². The molecule has 1 saturated carbocycles. The molecule has 0 aliphatic heterocycles. The second-order valence-corrected chi connectivity index (χ2v) is 7.63. The van der Waals surface area contributed by atoms with Crippen molar-refractivity contribution in [2.24, 2.45) is 5.41 Å². The first-order valence-electron chi connectivity index (χ1n) is 8.33. The van der Waals surface area contributed by atoms with E-state index in [-0.39, 0.29) is 11.2 Å². The molecule has 0 bridgehead atoms. The normalized spacial score (nSPS) is 22.9. The molecule has 1 aromatic carbocycles. The molecule has 2 aliphatic rings. The number of fused-ring (bicyclic) bond motifs is 3. The third-order valence-electron chi connectivity index (χ3n) is 5.40. The molecule has 0 amide bonds. The molecule has 0 aromatic heterocycles. The second-order valence-electron chi connectivity index (χ2n) is 7.63. The van der Waals surface area contributed by atoms with Crippen LogP contribution in [-0.4, -0.2) is 12.9 Å². The number of allylic oxidation sites excluding steroid dienone is 2. The first-order valence-corrected chi connectivity index (χ1v) is 8.33. The van der Waals surface area contributed by atoms with Crippen molar-refractivity contribution in [3.8, 4) is 5.75 Å². The molecule has 0 spiro atoms. The number of methoxy groups -OCH3 is 1. The molecular formula is C20H26O2. The molecule has 3 rings (SSSR count). The van der Waals surface area contributed by atoms with Crippen LogP contribution in [0.4, 0.5) is 0 Å². The zero-order valence-electron chi connectivity index (χ0n) is 14.3. The standard InChI is InChI=1S/C20H26O2/c1-12(2)14-9-16-15(10-19(14)22-5)13-7-6-8-20(3,4)17(13)11-18(16)21/h9-13H,6-8H2,1-5H3. The maximum absolute atomic E-state index is 12.7. The Morgan fingerprint density at radius 2 is 2.00 bits per heavy atom. The smallest absolute Gasteiger partial charge is 0.186 e. The molecule has 2 heteroatoms. The largest absolute Gasteiger partial charge is 0.496 e. The summed E-state index contributed by atoms with van der Waals surface area (Å²) < 4.78 is 5.61. The van der Waals surface area contributed by atoms with Crippen molar-refractivity contribution < 1.29 is 9.53 Å². The van der Waals surface area contributed by atoms with Crippen LogP contribution >= 0.6 is 0 Å². The van der Waals surface area contributed by atoms with Crippen molar-refractivity contribution in [2.75, 3.05) is 7.11 Å². The highest BCUT2D eigenvalue weighted by molar-refractivity contribution is 6.08. The van der Waals surface area contributed by atoms with Gasteiger partial charge in [0, 0.05) is 11.5 Å². The van der Waals surface area contributed by atoms with Crippen LogP contribution in [0.15, 0.2) is 23.8 Å². The summed E-state index contributed by atoms with van der Waals surface area (Å²) in [4.78, 5) is 12.7. The molecule has 1 aromatic rings. The summed E-state index contributed by atoms with van der Waals surface area (Å²) in [5.41, 5.74) is 4.63. The topological polar surface area (TPSA) is 26.3 Å². The Morgan fingerprint density at radius 1 is 1.27 bits per heavy atom. The SMILES string of the molecule is COc1cc2c(cc1C(C)C)C(=O)C=C1C2CCCC1(C)C. The highest BCUT2D eigenvalue weighted by Crippen LogP contribution is 2.51. The van der Waals surface area contributed by atoms with E-state index in [1.807, 2.05) is 6.08 Å². The third-order valence-corrected chi connectivity index (χ3v) is 5.40. The predicted octanol–water partition coefficient (Wildman–Crippen LogP) is 5.24. The van der Waals surface area contributed by atoms with E-state index >= 15 is 0 Å². The van der Waals surface area contributed by atoms with E-state index < -0.39 is 0 Å². The monoisotopic (exact) mass is 298 g/mol. The molecule has 1 unspecified atom stereocenters. The second kappa shape index (κ2) is 5.26. The van der Waals surface area contributed by atoms with E-state index in [1.54, 1.807) is 7.11 Å². The number of carbonyl (C=O) groups is 1. The van der Waals surface area contributed by atoms with Crippen molar-refractivity contribution in [1.82, 2.24) is 0 Å². The molecule has 1 atom stereocenters. The summed E-state index contributed by atoms with van der Waals surface area (Å²) in [6.07, 6.45) is 5.44. The van der Waals surface area contributed by atoms with Crippen molar-refractivity contribution in [2.45, 2.75) is 58.8 Å². The van der Waals surface area contributed by atoms with Crippen LogP contribution in [-0.2, 0) is 0 Å². The fourth-order valence-corrected chi connectivity index (χ4v) is 4.10. The van der Waals surface area contributed by atoms with E-state index in [2.05, 4.69) is 39.8 Å². The number of hydrogen-bond acceptors (Lipinski definition) is 2. The summed E-state index contributed by atoms with van der Waals surface area (Å²) in [7, 11) is 1.72. The van der Waals surface area contributed by atoms with Gasteiger partial charge in [0.05, 0.1) is 7.11 Å². The highest BCUT2D eigenvalue weighted by atomic mass is 16.5. The van der Waals surface area contributed by atoms with Gasteiger partial charge in [-0.25, -0.2) is 0 Å². The number of benzene rings is 1. The first kappa shape index (κ1) is 15.3. The lowest BCUT2D eigenvalue weighted by molar-refractivity contribution is 0.103. The molecule has 1 fully saturated rings. The van der Waals surface area contributed by atoms with Crippen molar-refractivity contribution in [3.05, 3.63) is 40.5 Å². The molecule has 2 aliphatic carbocycles. The minimum Gasteiger partial charge on any atom is -0.496 e. The van der Waals surface area contributed by atoms with Gasteiger partial charge in [-0.15, -0.1) is 0 Å². The van der Waals surface area contributed by atoms with Gasteiger partial charge < -0.3 is 4.74 Å². The van der Waals surface area contributed by atoms with Crippen LogP contribution in [0.5, 0.6) is 5.75 Å². The maximum atomic E-state index is 12.7. The molecule has 0 radical (unpaired) electrons. The minimum atomic E-state index is 0.125. The summed E-state index contributed by atoms with van der Waals surface area (Å²) in [5, 5.41) is 0. The average molecular weight is 298 g/mol. The van der Waals surface area contributed by atoms with E-state index in [1.165, 1.54) is 24.0 Å². The molecule has 118 valence electrons. The van der Waals surface area contributed by atoms with Gasteiger partial charge in [0.1, 0.15) is 5.75 Å². The Labute approximate surface area is 133 Å². The van der Waals surface area contributed by atoms with Gasteiger partial charge in [-0.1, -0.05) is 39.7 Å². The van der Waals surface area contributed by atoms with Gasteiger partial charge in [-0.2, -0.15) is 0 Å². The zero-order valence-corrected chi connectivity index (χ0v) is 14.3. The molecule has 0 saturated heterocycles. The fraction of sp³-hybridized carbons (Fsp3) is 0.550. The third kappa shape index (κ3) is 2.29. The number of ether oxygens (including phenoxy) is 1. The zero-order chi connectivity index (χ0) is 16.1. The van der Waals surface area contributed by atoms with Crippen LogP contribution < -0.4 is 4.74 Å². The molecule has 0 N–H and O–H groups in total. The van der Waals surface area contributed by atoms with Gasteiger partial charge in [0.2, 0.25) is 0 Å². The van der Waals surface area contributed by atoms with Gasteiger partial charge in [0.25, 0.3) is 0 Å². The van der Waals surface area contributed by atoms with E-state index in [4.69, 9.17) is 4.74 Å². The van der Waals surface area contributed by atoms with Crippen molar-refractivity contribution in [3.63, 3.8) is 0 Å². The molecular weight excluding hydrogens is 272 g/mol. The number of ketones is 1. The lowest BCUT2D eigenvalue weighted by Gasteiger charge is -2.41.